The Hall–Kier alpha value is -1.35. The Bertz CT molecular complexity index is 597. The van der Waals surface area contributed by atoms with Crippen molar-refractivity contribution in [3.63, 3.8) is 0 Å². The van der Waals surface area contributed by atoms with E-state index in [1.807, 2.05) is 0 Å². The molecule has 3 N–H and O–H groups in total. The first-order valence-corrected chi connectivity index (χ1v) is 6.87. The third-order valence-electron chi connectivity index (χ3n) is 3.92. The van der Waals surface area contributed by atoms with Gasteiger partial charge in [-0.3, -0.25) is 0 Å². The van der Waals surface area contributed by atoms with E-state index in [1.54, 1.807) is 0 Å². The maximum Gasteiger partial charge on any atom is 0.0431 e. The highest BCUT2D eigenvalue weighted by Gasteiger charge is 2.18. The lowest BCUT2D eigenvalue weighted by Gasteiger charge is -2.13. The van der Waals surface area contributed by atoms with Crippen molar-refractivity contribution in [2.75, 3.05) is 6.61 Å². The van der Waals surface area contributed by atoms with Gasteiger partial charge in [-0.05, 0) is 47.1 Å². The molecule has 0 saturated carbocycles. The zero-order valence-corrected chi connectivity index (χ0v) is 12.2. The van der Waals surface area contributed by atoms with Crippen LogP contribution in [0.4, 0.5) is 0 Å². The van der Waals surface area contributed by atoms with E-state index in [0.717, 1.165) is 19.3 Å². The number of aliphatic hydroxyl groups excluding tert-OH is 1. The lowest BCUT2D eigenvalue weighted by molar-refractivity contribution is 0.280. The molecule has 0 fully saturated rings. The van der Waals surface area contributed by atoms with Gasteiger partial charge in [0.15, 0.2) is 0 Å². The van der Waals surface area contributed by atoms with Gasteiger partial charge in [0.2, 0.25) is 0 Å². The second kappa shape index (κ2) is 6.40. The molecule has 0 radical (unpaired) electrons. The van der Waals surface area contributed by atoms with E-state index in [-0.39, 0.29) is 25.1 Å². The highest BCUT2D eigenvalue weighted by Crippen LogP contribution is 2.37. The van der Waals surface area contributed by atoms with Crippen molar-refractivity contribution in [2.24, 2.45) is 5.73 Å². The third kappa shape index (κ3) is 2.73. The Morgan fingerprint density at radius 1 is 1.05 bits per heavy atom. The molecule has 2 nitrogen and oxygen atoms in total. The van der Waals surface area contributed by atoms with Crippen LogP contribution in [-0.4, -0.2) is 11.7 Å². The van der Waals surface area contributed by atoms with Crippen molar-refractivity contribution < 1.29 is 5.11 Å². The zero-order chi connectivity index (χ0) is 13.2. The summed E-state index contributed by atoms with van der Waals surface area (Å²) in [5, 5.41) is 8.88. The van der Waals surface area contributed by atoms with Gasteiger partial charge in [0.1, 0.15) is 0 Å². The lowest BCUT2D eigenvalue weighted by atomic mass is 9.97. The van der Waals surface area contributed by atoms with Crippen LogP contribution in [0.25, 0.3) is 11.1 Å². The maximum atomic E-state index is 8.88. The molecule has 0 saturated heterocycles. The van der Waals surface area contributed by atoms with Gasteiger partial charge in [0.05, 0.1) is 0 Å². The van der Waals surface area contributed by atoms with Gasteiger partial charge in [0.25, 0.3) is 0 Å². The summed E-state index contributed by atoms with van der Waals surface area (Å²) in [5.41, 5.74) is 12.8. The van der Waals surface area contributed by atoms with Crippen LogP contribution in [0, 0.1) is 0 Å². The molecule has 2 aromatic rings. The molecule has 3 heteroatoms. The fourth-order valence-corrected chi connectivity index (χ4v) is 2.87. The first-order valence-electron chi connectivity index (χ1n) is 6.87. The largest absolute Gasteiger partial charge is 0.396 e. The summed E-state index contributed by atoms with van der Waals surface area (Å²) in [6.07, 6.45) is 2.60. The van der Waals surface area contributed by atoms with Crippen LogP contribution >= 0.6 is 12.4 Å². The molecule has 1 atom stereocenters. The van der Waals surface area contributed by atoms with E-state index in [1.165, 1.54) is 27.8 Å². The van der Waals surface area contributed by atoms with Gasteiger partial charge in [-0.2, -0.15) is 0 Å². The minimum absolute atomic E-state index is 0. The van der Waals surface area contributed by atoms with Crippen molar-refractivity contribution >= 4 is 12.4 Å². The van der Waals surface area contributed by atoms with Crippen LogP contribution in [0.2, 0.25) is 0 Å². The predicted molar refractivity (Wildman–Crippen MR) is 85.2 cm³/mol. The summed E-state index contributed by atoms with van der Waals surface area (Å²) < 4.78 is 0. The number of hydrogen-bond acceptors (Lipinski definition) is 2. The summed E-state index contributed by atoms with van der Waals surface area (Å²) in [6, 6.07) is 15.2. The van der Waals surface area contributed by atoms with Crippen molar-refractivity contribution in [3.8, 4) is 11.1 Å². The van der Waals surface area contributed by atoms with E-state index >= 15 is 0 Å². The number of benzene rings is 2. The standard InChI is InChI=1S/C17H19NO.ClH/c18-17(6-3-9-19)13-7-8-16-14(11-13)10-12-4-1-2-5-15(12)16;/h1-2,4-5,7-8,11,17,19H,3,6,9-10,18H2;1H/t17-;/m1./s1. The van der Waals surface area contributed by atoms with E-state index < -0.39 is 0 Å². The number of rotatable bonds is 4. The summed E-state index contributed by atoms with van der Waals surface area (Å²) in [5.74, 6) is 0. The molecule has 20 heavy (non-hydrogen) atoms. The SMILES string of the molecule is Cl.N[C@H](CCCO)c1ccc2c(c1)Cc1ccccc1-2. The molecule has 1 aliphatic carbocycles. The van der Waals surface area contributed by atoms with Crippen LogP contribution in [0.15, 0.2) is 42.5 Å². The van der Waals surface area contributed by atoms with Gasteiger partial charge in [-0.1, -0.05) is 42.5 Å². The van der Waals surface area contributed by atoms with Crippen LogP contribution in [-0.2, 0) is 6.42 Å². The normalized spacial score (nSPS) is 13.3. The first kappa shape index (κ1) is 15.0. The Balaban J connectivity index is 0.00000147. The summed E-state index contributed by atoms with van der Waals surface area (Å²) in [7, 11) is 0. The number of hydrogen-bond donors (Lipinski definition) is 2. The average Bonchev–Trinajstić information content (AvgIpc) is 2.82. The van der Waals surface area contributed by atoms with E-state index in [2.05, 4.69) is 42.5 Å². The van der Waals surface area contributed by atoms with Gasteiger partial charge >= 0.3 is 0 Å². The number of aliphatic hydroxyl groups is 1. The van der Waals surface area contributed by atoms with E-state index in [0.29, 0.717) is 0 Å². The predicted octanol–water partition coefficient (Wildman–Crippen LogP) is 3.45. The van der Waals surface area contributed by atoms with Gasteiger partial charge in [-0.25, -0.2) is 0 Å². The molecule has 0 aromatic heterocycles. The third-order valence-corrected chi connectivity index (χ3v) is 3.92. The monoisotopic (exact) mass is 289 g/mol. The Labute approximate surface area is 126 Å². The fourth-order valence-electron chi connectivity index (χ4n) is 2.87. The molecule has 0 amide bonds. The minimum atomic E-state index is 0. The molecule has 0 spiro atoms. The summed E-state index contributed by atoms with van der Waals surface area (Å²) in [6.45, 7) is 0.212. The van der Waals surface area contributed by atoms with Gasteiger partial charge in [-0.15, -0.1) is 12.4 Å². The fraction of sp³-hybridized carbons (Fsp3) is 0.294. The van der Waals surface area contributed by atoms with Crippen LogP contribution in [0.5, 0.6) is 0 Å². The lowest BCUT2D eigenvalue weighted by Crippen LogP contribution is -2.11. The number of halogens is 1. The van der Waals surface area contributed by atoms with Crippen molar-refractivity contribution in [1.29, 1.82) is 0 Å². The molecule has 106 valence electrons. The quantitative estimate of drug-likeness (QED) is 0.773. The number of fused-ring (bicyclic) bond motifs is 3. The maximum absolute atomic E-state index is 8.88. The van der Waals surface area contributed by atoms with Crippen molar-refractivity contribution in [3.05, 3.63) is 59.2 Å². The smallest absolute Gasteiger partial charge is 0.0431 e. The molecule has 2 aromatic carbocycles. The van der Waals surface area contributed by atoms with Crippen molar-refractivity contribution in [1.82, 2.24) is 0 Å². The van der Waals surface area contributed by atoms with E-state index in [4.69, 9.17) is 10.8 Å². The highest BCUT2D eigenvalue weighted by atomic mass is 35.5. The second-order valence-corrected chi connectivity index (χ2v) is 5.22. The zero-order valence-electron chi connectivity index (χ0n) is 11.4. The molecule has 0 heterocycles. The number of nitrogens with two attached hydrogens (primary N) is 1. The summed E-state index contributed by atoms with van der Waals surface area (Å²) in [4.78, 5) is 0. The Morgan fingerprint density at radius 2 is 1.80 bits per heavy atom. The molecule has 3 rings (SSSR count). The highest BCUT2D eigenvalue weighted by molar-refractivity contribution is 5.85. The van der Waals surface area contributed by atoms with Crippen molar-refractivity contribution in [2.45, 2.75) is 25.3 Å². The molecule has 0 aliphatic heterocycles. The molecular formula is C17H20ClNO. The van der Waals surface area contributed by atoms with Crippen LogP contribution in [0.1, 0.15) is 35.6 Å². The second-order valence-electron chi connectivity index (χ2n) is 5.22. The molecule has 0 unspecified atom stereocenters. The van der Waals surface area contributed by atoms with Crippen LogP contribution < -0.4 is 5.73 Å². The Kier molecular flexibility index (Phi) is 4.81. The molecule has 1 aliphatic rings. The Morgan fingerprint density at radius 3 is 2.60 bits per heavy atom. The topological polar surface area (TPSA) is 46.2 Å². The average molecular weight is 290 g/mol. The minimum Gasteiger partial charge on any atom is -0.396 e. The summed E-state index contributed by atoms with van der Waals surface area (Å²) >= 11 is 0. The van der Waals surface area contributed by atoms with Gasteiger partial charge in [0, 0.05) is 12.6 Å². The first-order chi connectivity index (χ1) is 9.29. The molecule has 0 bridgehead atoms. The van der Waals surface area contributed by atoms with Gasteiger partial charge < -0.3 is 10.8 Å². The van der Waals surface area contributed by atoms with E-state index in [9.17, 15) is 0 Å². The molecular weight excluding hydrogens is 270 g/mol. The van der Waals surface area contributed by atoms with Crippen LogP contribution in [0.3, 0.4) is 0 Å².